The number of benzene rings is 1. The second kappa shape index (κ2) is 10.00. The molecule has 0 bridgehead atoms. The van der Waals surface area contributed by atoms with E-state index >= 15 is 0 Å². The Hall–Kier alpha value is -1.30. The van der Waals surface area contributed by atoms with Crippen LogP contribution in [0.25, 0.3) is 0 Å². The smallest absolute Gasteiger partial charge is 0.251 e. The summed E-state index contributed by atoms with van der Waals surface area (Å²) in [4.78, 5) is 27.1. The van der Waals surface area contributed by atoms with Crippen LogP contribution >= 0.6 is 24.0 Å². The van der Waals surface area contributed by atoms with E-state index in [2.05, 4.69) is 5.32 Å². The molecule has 2 unspecified atom stereocenters. The minimum absolute atomic E-state index is 0. The van der Waals surface area contributed by atoms with Gasteiger partial charge >= 0.3 is 0 Å². The molecule has 25 heavy (non-hydrogen) atoms. The summed E-state index contributed by atoms with van der Waals surface area (Å²) in [6, 6.07) is 6.15. The van der Waals surface area contributed by atoms with Crippen LogP contribution in [0.4, 0.5) is 0 Å². The first-order valence-corrected chi connectivity index (χ1v) is 8.83. The van der Waals surface area contributed by atoms with Crippen LogP contribution in [0.3, 0.4) is 0 Å². The summed E-state index contributed by atoms with van der Waals surface area (Å²) in [6.07, 6.45) is 1.55. The molecule has 0 radical (unpaired) electrons. The number of rotatable bonds is 6. The molecule has 3 N–H and O–H groups in total. The molecule has 1 aromatic carbocycles. The lowest BCUT2D eigenvalue weighted by atomic mass is 10.0. The van der Waals surface area contributed by atoms with E-state index in [1.54, 1.807) is 24.3 Å². The van der Waals surface area contributed by atoms with Gasteiger partial charge in [-0.3, -0.25) is 9.59 Å². The Kier molecular flexibility index (Phi) is 8.69. The van der Waals surface area contributed by atoms with Gasteiger partial charge in [0.1, 0.15) is 6.04 Å². The number of hydrogen-bond acceptors (Lipinski definition) is 3. The topological polar surface area (TPSA) is 75.4 Å². The molecule has 0 aromatic heterocycles. The van der Waals surface area contributed by atoms with Crippen molar-refractivity contribution in [3.63, 3.8) is 0 Å². The van der Waals surface area contributed by atoms with Gasteiger partial charge in [-0.25, -0.2) is 0 Å². The lowest BCUT2D eigenvalue weighted by Crippen LogP contribution is -2.48. The number of amides is 2. The standard InChI is InChI=1S/C18H26ClN3O2.ClH/c1-12(2)9-16(18(24)22-8-7-13(10-20)11-22)21-17(23)14-3-5-15(19)6-4-14;/h3-6,12-13,16H,7-11,20H2,1-2H3,(H,21,23);1H. The maximum Gasteiger partial charge on any atom is 0.251 e. The summed E-state index contributed by atoms with van der Waals surface area (Å²) in [7, 11) is 0. The van der Waals surface area contributed by atoms with Crippen molar-refractivity contribution in [2.24, 2.45) is 17.6 Å². The molecule has 1 aliphatic heterocycles. The maximum atomic E-state index is 12.8. The third kappa shape index (κ3) is 6.17. The van der Waals surface area contributed by atoms with Gasteiger partial charge in [0.15, 0.2) is 0 Å². The molecule has 1 saturated heterocycles. The number of nitrogens with one attached hydrogen (secondary N) is 1. The number of likely N-dealkylation sites (tertiary alicyclic amines) is 1. The highest BCUT2D eigenvalue weighted by molar-refractivity contribution is 6.30. The summed E-state index contributed by atoms with van der Waals surface area (Å²) in [5, 5.41) is 3.46. The molecule has 2 rings (SSSR count). The zero-order chi connectivity index (χ0) is 17.7. The van der Waals surface area contributed by atoms with Gasteiger partial charge in [0, 0.05) is 23.7 Å². The number of carbonyl (C=O) groups excluding carboxylic acids is 2. The molecule has 0 aliphatic carbocycles. The van der Waals surface area contributed by atoms with Crippen LogP contribution in [-0.2, 0) is 4.79 Å². The van der Waals surface area contributed by atoms with Gasteiger partial charge in [0.05, 0.1) is 0 Å². The molecule has 1 heterocycles. The van der Waals surface area contributed by atoms with Crippen molar-refractivity contribution in [2.45, 2.75) is 32.7 Å². The molecular formula is C18H27Cl2N3O2. The minimum atomic E-state index is -0.510. The molecule has 1 fully saturated rings. The van der Waals surface area contributed by atoms with E-state index in [1.807, 2.05) is 18.7 Å². The zero-order valence-electron chi connectivity index (χ0n) is 14.7. The molecule has 1 aliphatic rings. The van der Waals surface area contributed by atoms with E-state index in [0.29, 0.717) is 48.5 Å². The number of halogens is 2. The van der Waals surface area contributed by atoms with Crippen molar-refractivity contribution in [1.82, 2.24) is 10.2 Å². The first-order valence-electron chi connectivity index (χ1n) is 8.46. The average molecular weight is 388 g/mol. The zero-order valence-corrected chi connectivity index (χ0v) is 16.3. The predicted octanol–water partition coefficient (Wildman–Crippen LogP) is 2.71. The SMILES string of the molecule is CC(C)CC(NC(=O)c1ccc(Cl)cc1)C(=O)N1CCC(CN)C1.Cl. The monoisotopic (exact) mass is 387 g/mol. The molecule has 7 heteroatoms. The Morgan fingerprint density at radius 3 is 2.48 bits per heavy atom. The van der Waals surface area contributed by atoms with Crippen LogP contribution in [0.2, 0.25) is 5.02 Å². The van der Waals surface area contributed by atoms with E-state index in [4.69, 9.17) is 17.3 Å². The van der Waals surface area contributed by atoms with E-state index < -0.39 is 6.04 Å². The molecule has 2 amide bonds. The fourth-order valence-electron chi connectivity index (χ4n) is 2.98. The lowest BCUT2D eigenvalue weighted by Gasteiger charge is -2.25. The molecule has 140 valence electrons. The van der Waals surface area contributed by atoms with E-state index in [-0.39, 0.29) is 24.2 Å². The number of hydrogen-bond donors (Lipinski definition) is 2. The fraction of sp³-hybridized carbons (Fsp3) is 0.556. The lowest BCUT2D eigenvalue weighted by molar-refractivity contribution is -0.132. The van der Waals surface area contributed by atoms with Crippen LogP contribution in [0, 0.1) is 11.8 Å². The highest BCUT2D eigenvalue weighted by atomic mass is 35.5. The summed E-state index contributed by atoms with van der Waals surface area (Å²) >= 11 is 5.85. The number of nitrogens with two attached hydrogens (primary N) is 1. The van der Waals surface area contributed by atoms with Gasteiger partial charge < -0.3 is 16.0 Å². The third-order valence-corrected chi connectivity index (χ3v) is 4.60. The van der Waals surface area contributed by atoms with E-state index in [1.165, 1.54) is 0 Å². The Bertz CT molecular complexity index is 578. The van der Waals surface area contributed by atoms with Crippen LogP contribution in [-0.4, -0.2) is 42.4 Å². The van der Waals surface area contributed by atoms with Gasteiger partial charge in [-0.15, -0.1) is 12.4 Å². The van der Waals surface area contributed by atoms with Crippen LogP contribution in [0.15, 0.2) is 24.3 Å². The number of nitrogens with zero attached hydrogens (tertiary/aromatic N) is 1. The first-order chi connectivity index (χ1) is 11.4. The Morgan fingerprint density at radius 2 is 1.96 bits per heavy atom. The fourth-order valence-corrected chi connectivity index (χ4v) is 3.11. The van der Waals surface area contributed by atoms with Crippen molar-refractivity contribution in [2.75, 3.05) is 19.6 Å². The maximum absolute atomic E-state index is 12.8. The van der Waals surface area contributed by atoms with Gasteiger partial charge in [0.2, 0.25) is 5.91 Å². The number of carbonyl (C=O) groups is 2. The van der Waals surface area contributed by atoms with Crippen molar-refractivity contribution in [3.05, 3.63) is 34.9 Å². The molecular weight excluding hydrogens is 361 g/mol. The second-order valence-electron chi connectivity index (χ2n) is 6.84. The van der Waals surface area contributed by atoms with Gasteiger partial charge in [0.25, 0.3) is 5.91 Å². The normalized spacial score (nSPS) is 18.0. The van der Waals surface area contributed by atoms with Crippen LogP contribution in [0.1, 0.15) is 37.0 Å². The molecule has 2 atom stereocenters. The van der Waals surface area contributed by atoms with Crippen LogP contribution in [0.5, 0.6) is 0 Å². The van der Waals surface area contributed by atoms with Crippen molar-refractivity contribution in [1.29, 1.82) is 0 Å². The van der Waals surface area contributed by atoms with Gasteiger partial charge in [-0.05, 0) is 55.5 Å². The molecule has 0 spiro atoms. The summed E-state index contributed by atoms with van der Waals surface area (Å²) in [6.45, 7) is 6.07. The Labute approximate surface area is 160 Å². The first kappa shape index (κ1) is 21.7. The van der Waals surface area contributed by atoms with E-state index in [9.17, 15) is 9.59 Å². The molecule has 1 aromatic rings. The van der Waals surface area contributed by atoms with Crippen LogP contribution < -0.4 is 11.1 Å². The summed E-state index contributed by atoms with van der Waals surface area (Å²) in [5.41, 5.74) is 6.21. The molecule has 5 nitrogen and oxygen atoms in total. The van der Waals surface area contributed by atoms with Gasteiger partial charge in [-0.1, -0.05) is 25.4 Å². The highest BCUT2D eigenvalue weighted by Gasteiger charge is 2.31. The van der Waals surface area contributed by atoms with Crippen molar-refractivity contribution < 1.29 is 9.59 Å². The van der Waals surface area contributed by atoms with Crippen molar-refractivity contribution in [3.8, 4) is 0 Å². The summed E-state index contributed by atoms with van der Waals surface area (Å²) < 4.78 is 0. The Balaban J connectivity index is 0.00000312. The highest BCUT2D eigenvalue weighted by Crippen LogP contribution is 2.18. The largest absolute Gasteiger partial charge is 0.341 e. The predicted molar refractivity (Wildman–Crippen MR) is 103 cm³/mol. The second-order valence-corrected chi connectivity index (χ2v) is 7.27. The van der Waals surface area contributed by atoms with E-state index in [0.717, 1.165) is 6.42 Å². The third-order valence-electron chi connectivity index (χ3n) is 4.35. The van der Waals surface area contributed by atoms with Gasteiger partial charge in [-0.2, -0.15) is 0 Å². The average Bonchev–Trinajstić information content (AvgIpc) is 3.02. The van der Waals surface area contributed by atoms with Crippen molar-refractivity contribution >= 4 is 35.8 Å². The molecule has 0 saturated carbocycles. The quantitative estimate of drug-likeness (QED) is 0.787. The summed E-state index contributed by atoms with van der Waals surface area (Å²) in [5.74, 6) is 0.403. The Morgan fingerprint density at radius 1 is 1.32 bits per heavy atom. The minimum Gasteiger partial charge on any atom is -0.341 e.